The molecule has 20 heavy (non-hydrogen) atoms. The highest BCUT2D eigenvalue weighted by Crippen LogP contribution is 2.28. The number of nitrogens with one attached hydrogen (secondary N) is 1. The first-order valence-corrected chi connectivity index (χ1v) is 8.84. The summed E-state index contributed by atoms with van der Waals surface area (Å²) in [5.41, 5.74) is 0. The number of carbonyl (C=O) groups is 1. The molecular formula is C13H24N2O4S. The predicted molar refractivity (Wildman–Crippen MR) is 75.4 cm³/mol. The molecule has 2 rings (SSSR count). The average Bonchev–Trinajstić information content (AvgIpc) is 2.92. The van der Waals surface area contributed by atoms with Crippen LogP contribution in [0.5, 0.6) is 0 Å². The molecule has 1 saturated heterocycles. The minimum atomic E-state index is -3.57. The van der Waals surface area contributed by atoms with Crippen LogP contribution in [0.4, 0.5) is 0 Å². The molecule has 6 nitrogen and oxygen atoms in total. The van der Waals surface area contributed by atoms with Gasteiger partial charge in [0, 0.05) is 19.1 Å². The van der Waals surface area contributed by atoms with Gasteiger partial charge < -0.3 is 5.11 Å². The van der Waals surface area contributed by atoms with E-state index in [0.29, 0.717) is 25.3 Å². The van der Waals surface area contributed by atoms with Gasteiger partial charge in [0.15, 0.2) is 0 Å². The Kier molecular flexibility index (Phi) is 5.04. The van der Waals surface area contributed by atoms with Gasteiger partial charge in [-0.1, -0.05) is 12.8 Å². The molecule has 2 aliphatic rings. The molecule has 1 aliphatic heterocycles. The Morgan fingerprint density at radius 2 is 1.90 bits per heavy atom. The first kappa shape index (κ1) is 15.7. The molecule has 2 fully saturated rings. The molecule has 0 radical (unpaired) electrons. The molecule has 2 atom stereocenters. The lowest BCUT2D eigenvalue weighted by Crippen LogP contribution is -2.50. The van der Waals surface area contributed by atoms with Gasteiger partial charge in [-0.2, -0.15) is 17.4 Å². The van der Waals surface area contributed by atoms with Crippen molar-refractivity contribution in [3.63, 3.8) is 0 Å². The second kappa shape index (κ2) is 6.41. The van der Waals surface area contributed by atoms with Gasteiger partial charge in [0.1, 0.15) is 0 Å². The van der Waals surface area contributed by atoms with Crippen LogP contribution >= 0.6 is 0 Å². The maximum Gasteiger partial charge on any atom is 0.307 e. The normalized spacial score (nSPS) is 27.6. The highest BCUT2D eigenvalue weighted by Gasteiger charge is 2.34. The summed E-state index contributed by atoms with van der Waals surface area (Å²) in [5, 5.41) is 9.03. The summed E-state index contributed by atoms with van der Waals surface area (Å²) in [6.45, 7) is 2.41. The summed E-state index contributed by atoms with van der Waals surface area (Å²) in [6, 6.07) is -0.0762. The predicted octanol–water partition coefficient (Wildman–Crippen LogP) is 1.20. The number of nitrogens with zero attached hydrogens (tertiary/aromatic N) is 1. The smallest absolute Gasteiger partial charge is 0.307 e. The van der Waals surface area contributed by atoms with Crippen LogP contribution in [0.2, 0.25) is 0 Å². The van der Waals surface area contributed by atoms with E-state index in [1.807, 2.05) is 6.92 Å². The fourth-order valence-corrected chi connectivity index (χ4v) is 4.78. The highest BCUT2D eigenvalue weighted by molar-refractivity contribution is 7.87. The Balaban J connectivity index is 1.96. The first-order chi connectivity index (χ1) is 9.40. The van der Waals surface area contributed by atoms with Crippen molar-refractivity contribution in [3.8, 4) is 0 Å². The van der Waals surface area contributed by atoms with Gasteiger partial charge >= 0.3 is 5.97 Å². The quantitative estimate of drug-likeness (QED) is 0.799. The van der Waals surface area contributed by atoms with Crippen molar-refractivity contribution < 1.29 is 18.3 Å². The molecule has 0 bridgehead atoms. The highest BCUT2D eigenvalue weighted by atomic mass is 32.2. The number of rotatable bonds is 5. The molecule has 1 unspecified atom stereocenters. The molecule has 1 heterocycles. The number of carboxylic acid groups (broad SMARTS) is 1. The molecule has 1 aliphatic carbocycles. The largest absolute Gasteiger partial charge is 0.481 e. The molecule has 0 aromatic carbocycles. The van der Waals surface area contributed by atoms with Crippen LogP contribution in [-0.2, 0) is 15.0 Å². The third kappa shape index (κ3) is 3.71. The summed E-state index contributed by atoms with van der Waals surface area (Å²) < 4.78 is 28.7. The Morgan fingerprint density at radius 1 is 1.25 bits per heavy atom. The fraction of sp³-hybridized carbons (Fsp3) is 0.923. The van der Waals surface area contributed by atoms with E-state index < -0.39 is 22.1 Å². The van der Waals surface area contributed by atoms with Crippen LogP contribution in [0.3, 0.4) is 0 Å². The van der Waals surface area contributed by atoms with Gasteiger partial charge in [0.25, 0.3) is 10.2 Å². The van der Waals surface area contributed by atoms with Crippen molar-refractivity contribution in [1.82, 2.24) is 9.03 Å². The Bertz CT molecular complexity index is 445. The molecule has 7 heteroatoms. The Labute approximate surface area is 120 Å². The molecule has 0 aromatic rings. The average molecular weight is 304 g/mol. The van der Waals surface area contributed by atoms with Crippen LogP contribution in [0.25, 0.3) is 0 Å². The number of carboxylic acids is 1. The molecule has 0 amide bonds. The first-order valence-electron chi connectivity index (χ1n) is 7.40. The van der Waals surface area contributed by atoms with E-state index in [-0.39, 0.29) is 12.6 Å². The number of hydrogen-bond acceptors (Lipinski definition) is 3. The molecule has 116 valence electrons. The van der Waals surface area contributed by atoms with Crippen molar-refractivity contribution >= 4 is 16.2 Å². The van der Waals surface area contributed by atoms with E-state index in [1.165, 1.54) is 17.1 Å². The van der Waals surface area contributed by atoms with E-state index >= 15 is 0 Å². The number of piperidine rings is 1. The van der Waals surface area contributed by atoms with E-state index in [1.54, 1.807) is 0 Å². The van der Waals surface area contributed by atoms with Crippen molar-refractivity contribution in [2.24, 2.45) is 11.8 Å². The SMILES string of the molecule is C[C@H](NS(=O)(=O)N1CCCC(C(=O)O)C1)C1CCCC1. The van der Waals surface area contributed by atoms with Crippen molar-refractivity contribution in [3.05, 3.63) is 0 Å². The van der Waals surface area contributed by atoms with E-state index in [9.17, 15) is 13.2 Å². The summed E-state index contributed by atoms with van der Waals surface area (Å²) in [6.07, 6.45) is 5.64. The van der Waals surface area contributed by atoms with Crippen molar-refractivity contribution in [2.75, 3.05) is 13.1 Å². The molecule has 2 N–H and O–H groups in total. The lowest BCUT2D eigenvalue weighted by Gasteiger charge is -2.31. The second-order valence-electron chi connectivity index (χ2n) is 5.99. The van der Waals surface area contributed by atoms with Crippen LogP contribution in [0.15, 0.2) is 0 Å². The molecule has 0 spiro atoms. The molecule has 1 saturated carbocycles. The van der Waals surface area contributed by atoms with Crippen LogP contribution in [-0.4, -0.2) is 42.9 Å². The summed E-state index contributed by atoms with van der Waals surface area (Å²) >= 11 is 0. The molecule has 0 aromatic heterocycles. The lowest BCUT2D eigenvalue weighted by molar-refractivity contribution is -0.142. The maximum atomic E-state index is 12.3. The zero-order valence-corrected chi connectivity index (χ0v) is 12.7. The summed E-state index contributed by atoms with van der Waals surface area (Å²) in [7, 11) is -3.57. The van der Waals surface area contributed by atoms with Gasteiger partial charge in [-0.15, -0.1) is 0 Å². The minimum absolute atomic E-state index is 0.0762. The zero-order valence-electron chi connectivity index (χ0n) is 11.9. The van der Waals surface area contributed by atoms with Crippen molar-refractivity contribution in [2.45, 2.75) is 51.5 Å². The topological polar surface area (TPSA) is 86.7 Å². The third-order valence-corrected chi connectivity index (χ3v) is 6.20. The Hall–Kier alpha value is -0.660. The van der Waals surface area contributed by atoms with Crippen LogP contribution < -0.4 is 4.72 Å². The minimum Gasteiger partial charge on any atom is -0.481 e. The van der Waals surface area contributed by atoms with Gasteiger partial charge in [0.05, 0.1) is 5.92 Å². The second-order valence-corrected chi connectivity index (χ2v) is 7.69. The monoisotopic (exact) mass is 304 g/mol. The third-order valence-electron chi connectivity index (χ3n) is 4.52. The summed E-state index contributed by atoms with van der Waals surface area (Å²) in [4.78, 5) is 11.0. The maximum absolute atomic E-state index is 12.3. The fourth-order valence-electron chi connectivity index (χ4n) is 3.23. The molecular weight excluding hydrogens is 280 g/mol. The van der Waals surface area contributed by atoms with Gasteiger partial charge in [-0.05, 0) is 38.5 Å². The number of aliphatic carboxylic acids is 1. The zero-order chi connectivity index (χ0) is 14.8. The van der Waals surface area contributed by atoms with Crippen LogP contribution in [0.1, 0.15) is 45.4 Å². The number of hydrogen-bond donors (Lipinski definition) is 2. The van der Waals surface area contributed by atoms with Gasteiger partial charge in [0.2, 0.25) is 0 Å². The van der Waals surface area contributed by atoms with Gasteiger partial charge in [-0.25, -0.2) is 0 Å². The van der Waals surface area contributed by atoms with Gasteiger partial charge in [-0.3, -0.25) is 4.79 Å². The van der Waals surface area contributed by atoms with E-state index in [4.69, 9.17) is 5.11 Å². The Morgan fingerprint density at radius 3 is 2.50 bits per heavy atom. The summed E-state index contributed by atoms with van der Waals surface area (Å²) in [5.74, 6) is -1.08. The van der Waals surface area contributed by atoms with Crippen LogP contribution in [0, 0.1) is 11.8 Å². The standard InChI is InChI=1S/C13H24N2O4S/c1-10(11-5-2-3-6-11)14-20(18,19)15-8-4-7-12(9-15)13(16)17/h10-12,14H,2-9H2,1H3,(H,16,17)/t10-,12?/m0/s1. The van der Waals surface area contributed by atoms with E-state index in [0.717, 1.165) is 12.8 Å². The lowest BCUT2D eigenvalue weighted by atomic mass is 10.0. The van der Waals surface area contributed by atoms with E-state index in [2.05, 4.69) is 4.72 Å². The van der Waals surface area contributed by atoms with Crippen molar-refractivity contribution in [1.29, 1.82) is 0 Å².